The van der Waals surface area contributed by atoms with Crippen LogP contribution < -0.4 is 0 Å². The number of carbonyl (C=O) groups excluding carboxylic acids is 1. The topological polar surface area (TPSA) is 20.3 Å². The van der Waals surface area contributed by atoms with Gasteiger partial charge in [0.1, 0.15) is 7.28 Å². The number of fused-ring (bicyclic) bond motifs is 2. The Kier molecular flexibility index (Phi) is 8.42. The first-order chi connectivity index (χ1) is 16.3. The summed E-state index contributed by atoms with van der Waals surface area (Å²) in [6.07, 6.45) is 27.8. The van der Waals surface area contributed by atoms with E-state index in [0.29, 0.717) is 17.5 Å². The van der Waals surface area contributed by atoms with E-state index in [4.69, 9.17) is 0 Å². The van der Waals surface area contributed by atoms with Crippen molar-refractivity contribution in [2.45, 2.75) is 146 Å². The fourth-order valence-corrected chi connectivity index (χ4v) is 8.04. The van der Waals surface area contributed by atoms with Crippen molar-refractivity contribution < 1.29 is 4.79 Å². The molecule has 0 radical (unpaired) electrons. The number of amides is 1. The molecule has 2 nitrogen and oxygen atoms in total. The highest BCUT2D eigenvalue weighted by molar-refractivity contribution is 6.55. The average Bonchev–Trinajstić information content (AvgIpc) is 2.93. The molecule has 1 saturated heterocycles. The van der Waals surface area contributed by atoms with Crippen LogP contribution in [0, 0.1) is 5.92 Å². The minimum absolute atomic E-state index is 0.287. The highest BCUT2D eigenvalue weighted by atomic mass is 16.2. The van der Waals surface area contributed by atoms with E-state index in [1.54, 1.807) is 16.6 Å². The smallest absolute Gasteiger partial charge is 0.233 e. The first-order valence-electron chi connectivity index (χ1n) is 15.1. The first kappa shape index (κ1) is 23.8. The lowest BCUT2D eigenvalue weighted by molar-refractivity contribution is -0.132. The molecule has 5 aliphatic rings. The third kappa shape index (κ3) is 5.51. The third-order valence-corrected chi connectivity index (χ3v) is 9.80. The van der Waals surface area contributed by atoms with Crippen LogP contribution in [0.4, 0.5) is 0 Å². The van der Waals surface area contributed by atoms with Gasteiger partial charge in [0.05, 0.1) is 0 Å². The number of nitrogens with zero attached hydrogens (tertiary/aromatic N) is 1. The SMILES string of the molecule is O=C1C2CCCCCCCC2BC2CCCCCCC3=C2N1C1=C(B3)CCCCCCCC1. The fourth-order valence-electron chi connectivity index (χ4n) is 8.04. The van der Waals surface area contributed by atoms with E-state index in [2.05, 4.69) is 4.90 Å². The molecule has 1 saturated carbocycles. The Balaban J connectivity index is 1.57. The molecule has 3 atom stereocenters. The number of carbonyl (C=O) groups is 1. The summed E-state index contributed by atoms with van der Waals surface area (Å²) in [5.74, 6) is 2.10. The summed E-state index contributed by atoms with van der Waals surface area (Å²) in [7, 11) is 2.51. The van der Waals surface area contributed by atoms with Gasteiger partial charge in [-0.25, -0.2) is 0 Å². The Labute approximate surface area is 204 Å². The first-order valence-corrected chi connectivity index (χ1v) is 15.1. The van der Waals surface area contributed by atoms with Gasteiger partial charge in [0.15, 0.2) is 7.28 Å². The van der Waals surface area contributed by atoms with Crippen LogP contribution in [0.1, 0.15) is 135 Å². The zero-order valence-electron chi connectivity index (χ0n) is 21.4. The monoisotopic (exact) mass is 447 g/mol. The van der Waals surface area contributed by atoms with Gasteiger partial charge < -0.3 is 0 Å². The predicted octanol–water partition coefficient (Wildman–Crippen LogP) is 7.56. The molecule has 3 unspecified atom stereocenters. The van der Waals surface area contributed by atoms with E-state index >= 15 is 0 Å². The molecule has 5 rings (SSSR count). The zero-order valence-corrected chi connectivity index (χ0v) is 21.4. The Morgan fingerprint density at radius 2 is 1.18 bits per heavy atom. The van der Waals surface area contributed by atoms with Gasteiger partial charge in [-0.3, -0.25) is 9.69 Å². The van der Waals surface area contributed by atoms with Crippen LogP contribution in [-0.2, 0) is 4.79 Å². The van der Waals surface area contributed by atoms with Crippen molar-refractivity contribution in [1.29, 1.82) is 0 Å². The van der Waals surface area contributed by atoms with Crippen molar-refractivity contribution in [3.05, 3.63) is 22.3 Å². The van der Waals surface area contributed by atoms with E-state index in [1.165, 1.54) is 142 Å². The van der Waals surface area contributed by atoms with Crippen molar-refractivity contribution in [2.75, 3.05) is 0 Å². The van der Waals surface area contributed by atoms with Crippen molar-refractivity contribution in [3.63, 3.8) is 0 Å². The van der Waals surface area contributed by atoms with Gasteiger partial charge in [-0.2, -0.15) is 0 Å². The highest BCUT2D eigenvalue weighted by Crippen LogP contribution is 2.49. The molecule has 0 aromatic rings. The van der Waals surface area contributed by atoms with Crippen LogP contribution in [0.3, 0.4) is 0 Å². The Morgan fingerprint density at radius 1 is 0.606 bits per heavy atom. The molecule has 33 heavy (non-hydrogen) atoms. The number of hydrogen-bond donors (Lipinski definition) is 0. The van der Waals surface area contributed by atoms with E-state index in [0.717, 1.165) is 12.8 Å². The van der Waals surface area contributed by atoms with E-state index in [9.17, 15) is 4.79 Å². The van der Waals surface area contributed by atoms with E-state index < -0.39 is 0 Å². The maximum absolute atomic E-state index is 14.6. The lowest BCUT2D eigenvalue weighted by atomic mass is 9.46. The molecule has 1 amide bonds. The summed E-state index contributed by atoms with van der Waals surface area (Å²) in [5, 5.41) is 0. The lowest BCUT2D eigenvalue weighted by Crippen LogP contribution is -2.39. The fraction of sp³-hybridized carbons (Fsp3) is 0.828. The normalized spacial score (nSPS) is 32.7. The summed E-state index contributed by atoms with van der Waals surface area (Å²) in [4.78, 5) is 17.0. The Morgan fingerprint density at radius 3 is 1.94 bits per heavy atom. The molecule has 2 heterocycles. The molecule has 2 aliphatic heterocycles. The van der Waals surface area contributed by atoms with Gasteiger partial charge in [0, 0.05) is 17.3 Å². The van der Waals surface area contributed by atoms with Crippen molar-refractivity contribution in [2.24, 2.45) is 5.92 Å². The molecular formula is C29H47B2NO. The van der Waals surface area contributed by atoms with Crippen LogP contribution in [0.5, 0.6) is 0 Å². The van der Waals surface area contributed by atoms with Gasteiger partial charge in [-0.05, 0) is 37.9 Å². The van der Waals surface area contributed by atoms with Gasteiger partial charge in [0.25, 0.3) is 0 Å². The number of hydrogen-bond acceptors (Lipinski definition) is 1. The maximum atomic E-state index is 14.6. The standard InChI is InChI=1S/C29H47B2NO/c33-29-22-16-10-4-3-6-11-17-23(22)30-25-19-13-8-9-14-20-26-28(25)32(29)27-21-15-7-2-1-5-12-18-24(27)31-26/h22-23,25,30-31H,1-21H2. The molecule has 0 aromatic heterocycles. The molecule has 0 aromatic carbocycles. The zero-order chi connectivity index (χ0) is 22.5. The largest absolute Gasteiger partial charge is 0.291 e. The van der Waals surface area contributed by atoms with Gasteiger partial charge in [-0.1, -0.05) is 119 Å². The Bertz CT molecular complexity index is 757. The second-order valence-electron chi connectivity index (χ2n) is 12.1. The second kappa shape index (κ2) is 11.7. The Hall–Kier alpha value is -0.920. The summed E-state index contributed by atoms with van der Waals surface area (Å²) >= 11 is 0. The van der Waals surface area contributed by atoms with E-state index in [-0.39, 0.29) is 5.92 Å². The molecule has 180 valence electrons. The third-order valence-electron chi connectivity index (χ3n) is 9.80. The summed E-state index contributed by atoms with van der Waals surface area (Å²) in [5.41, 5.74) is 6.42. The average molecular weight is 447 g/mol. The maximum Gasteiger partial charge on any atom is 0.233 e. The molecule has 4 heteroatoms. The number of rotatable bonds is 0. The minimum atomic E-state index is 0.287. The van der Waals surface area contributed by atoms with Crippen LogP contribution in [-0.4, -0.2) is 25.4 Å². The van der Waals surface area contributed by atoms with Gasteiger partial charge >= 0.3 is 0 Å². The quantitative estimate of drug-likeness (QED) is 0.351. The van der Waals surface area contributed by atoms with Crippen LogP contribution in [0.25, 0.3) is 0 Å². The molecule has 0 bridgehead atoms. The molecule has 2 fully saturated rings. The van der Waals surface area contributed by atoms with Crippen molar-refractivity contribution in [1.82, 2.24) is 4.90 Å². The molecular weight excluding hydrogens is 400 g/mol. The molecule has 0 spiro atoms. The summed E-state index contributed by atoms with van der Waals surface area (Å²) in [6.45, 7) is 0. The summed E-state index contributed by atoms with van der Waals surface area (Å²) < 4.78 is 0. The van der Waals surface area contributed by atoms with Crippen LogP contribution in [0.15, 0.2) is 22.3 Å². The lowest BCUT2D eigenvalue weighted by Gasteiger charge is -2.40. The minimum Gasteiger partial charge on any atom is -0.291 e. The van der Waals surface area contributed by atoms with Crippen LogP contribution in [0.2, 0.25) is 11.6 Å². The van der Waals surface area contributed by atoms with Crippen molar-refractivity contribution in [3.8, 4) is 0 Å². The van der Waals surface area contributed by atoms with Gasteiger partial charge in [-0.15, -0.1) is 0 Å². The van der Waals surface area contributed by atoms with Crippen molar-refractivity contribution >= 4 is 20.5 Å². The highest BCUT2D eigenvalue weighted by Gasteiger charge is 2.44. The summed E-state index contributed by atoms with van der Waals surface area (Å²) in [6, 6.07) is 0. The van der Waals surface area contributed by atoms with Gasteiger partial charge in [0.2, 0.25) is 5.91 Å². The predicted molar refractivity (Wildman–Crippen MR) is 143 cm³/mol. The number of allylic oxidation sites excluding steroid dienone is 4. The molecule has 3 aliphatic carbocycles. The van der Waals surface area contributed by atoms with Crippen LogP contribution >= 0.6 is 0 Å². The molecule has 0 N–H and O–H groups in total. The second-order valence-corrected chi connectivity index (χ2v) is 12.1. The van der Waals surface area contributed by atoms with E-state index in [1.807, 2.05) is 0 Å².